The monoisotopic (exact) mass is 338 g/mol. The van der Waals surface area contributed by atoms with Crippen LogP contribution in [0, 0.1) is 11.7 Å². The van der Waals surface area contributed by atoms with Crippen molar-refractivity contribution >= 4 is 0 Å². The lowest BCUT2D eigenvalue weighted by Gasteiger charge is -2.32. The Kier molecular flexibility index (Phi) is 2.29. The molecule has 4 nitrogen and oxygen atoms in total. The Labute approximate surface area is 153 Å². The first-order chi connectivity index (χ1) is 15.1. The van der Waals surface area contributed by atoms with Crippen molar-refractivity contribution in [2.75, 3.05) is 26.3 Å². The van der Waals surface area contributed by atoms with Crippen LogP contribution in [-0.2, 0) is 0 Å². The van der Waals surface area contributed by atoms with Crippen LogP contribution in [0.5, 0.6) is 17.2 Å². The molecule has 5 heteroatoms. The molecule has 0 amide bonds. The van der Waals surface area contributed by atoms with E-state index >= 15 is 0 Å². The molecule has 0 saturated carbocycles. The van der Waals surface area contributed by atoms with Gasteiger partial charge in [-0.15, -0.1) is 0 Å². The smallest absolute Gasteiger partial charge is 0.231 e. The zero-order valence-corrected chi connectivity index (χ0v) is 12.4. The van der Waals surface area contributed by atoms with Crippen LogP contribution in [0.2, 0.25) is 0 Å². The topological polar surface area (TPSA) is 39.7 Å². The molecular formula is C19H20FNO3. The molecule has 2 atom stereocenters. The molecule has 2 heterocycles. The van der Waals surface area contributed by atoms with E-state index in [0.29, 0.717) is 0 Å². The Morgan fingerprint density at radius 1 is 1.25 bits per heavy atom. The molecule has 1 unspecified atom stereocenters. The molecule has 1 fully saturated rings. The number of benzene rings is 2. The van der Waals surface area contributed by atoms with Crippen molar-refractivity contribution in [3.63, 3.8) is 0 Å². The second-order valence-corrected chi connectivity index (χ2v) is 5.25. The molecular weight excluding hydrogens is 309 g/mol. The quantitative estimate of drug-likeness (QED) is 0.928. The van der Waals surface area contributed by atoms with E-state index in [1.807, 2.05) is 0 Å². The van der Waals surface area contributed by atoms with Gasteiger partial charge in [-0.1, -0.05) is 12.1 Å². The third-order valence-corrected chi connectivity index (χ3v) is 3.71. The summed E-state index contributed by atoms with van der Waals surface area (Å²) >= 11 is 0. The lowest BCUT2D eigenvalue weighted by molar-refractivity contribution is 0.173. The van der Waals surface area contributed by atoms with Gasteiger partial charge in [-0.3, -0.25) is 0 Å². The number of halogens is 1. The van der Waals surface area contributed by atoms with Crippen LogP contribution in [0.15, 0.2) is 42.5 Å². The van der Waals surface area contributed by atoms with Gasteiger partial charge in [-0.25, -0.2) is 4.39 Å². The lowest BCUT2D eigenvalue weighted by Crippen LogP contribution is -2.38. The maximum absolute atomic E-state index is 13.5. The molecule has 0 radical (unpaired) electrons. The fraction of sp³-hybridized carbons (Fsp3) is 0.368. The highest BCUT2D eigenvalue weighted by atomic mass is 19.1. The van der Waals surface area contributed by atoms with Crippen molar-refractivity contribution in [1.82, 2.24) is 5.32 Å². The van der Waals surface area contributed by atoms with Crippen LogP contribution < -0.4 is 19.5 Å². The molecule has 0 aliphatic carbocycles. The van der Waals surface area contributed by atoms with E-state index in [1.54, 1.807) is 0 Å². The Morgan fingerprint density at radius 2 is 2.08 bits per heavy atom. The predicted molar refractivity (Wildman–Crippen MR) is 88.2 cm³/mol. The molecule has 2 aliphatic rings. The van der Waals surface area contributed by atoms with Gasteiger partial charge >= 0.3 is 0 Å². The standard InChI is InChI=1S/C19H20FNO3/c20-15-3-1-13(2-4-15)17-7-8-21-10-14(17)11-22-16-5-6-18-19(9-16)24-12-23-18/h1-6,9,14,17,21H,7-8,10-12H2/t14?,17-/m0/s1/i8D2,10D2,11D2,12D2,14D. The minimum absolute atomic E-state index is 0.0561. The zero-order valence-electron chi connectivity index (χ0n) is 21.4. The number of piperidine rings is 1. The molecule has 0 bridgehead atoms. The maximum atomic E-state index is 13.5. The first-order valence-electron chi connectivity index (χ1n) is 11.8. The second kappa shape index (κ2) is 6.69. The lowest BCUT2D eigenvalue weighted by atomic mass is 9.81. The minimum atomic E-state index is -3.05. The number of hydrogen-bond acceptors (Lipinski definition) is 4. The van der Waals surface area contributed by atoms with E-state index in [0.717, 1.165) is 18.2 Å². The first kappa shape index (κ1) is 8.21. The Balaban J connectivity index is 1.75. The Hall–Kier alpha value is -2.27. The summed E-state index contributed by atoms with van der Waals surface area (Å²) in [5, 5.41) is 2.07. The average molecular weight is 338 g/mol. The number of fused-ring (bicyclic) bond motifs is 1. The molecule has 126 valence electrons. The van der Waals surface area contributed by atoms with Gasteiger partial charge in [-0.2, -0.15) is 0 Å². The largest absolute Gasteiger partial charge is 0.493 e. The summed E-state index contributed by atoms with van der Waals surface area (Å²) in [4.78, 5) is 0. The van der Waals surface area contributed by atoms with E-state index in [4.69, 9.17) is 26.5 Å². The third-order valence-electron chi connectivity index (χ3n) is 3.71. The van der Waals surface area contributed by atoms with Crippen LogP contribution in [0.3, 0.4) is 0 Å². The zero-order chi connectivity index (χ0) is 24.4. The van der Waals surface area contributed by atoms with E-state index in [-0.39, 0.29) is 22.8 Å². The van der Waals surface area contributed by atoms with Crippen LogP contribution in [0.25, 0.3) is 0 Å². The van der Waals surface area contributed by atoms with Gasteiger partial charge in [0.2, 0.25) is 6.75 Å². The maximum Gasteiger partial charge on any atom is 0.231 e. The fourth-order valence-corrected chi connectivity index (χ4v) is 2.47. The molecule has 0 aromatic heterocycles. The molecule has 24 heavy (non-hydrogen) atoms. The SMILES string of the molecule is [2H]C1([2H])C[C@@H](c2ccc(F)cc2)C([2H])(C([2H])([2H])Oc2ccc3c(c2)OC([2H])([2H])O3)C([2H])([2H])N1. The molecule has 2 aromatic carbocycles. The van der Waals surface area contributed by atoms with Crippen molar-refractivity contribution in [1.29, 1.82) is 0 Å². The summed E-state index contributed by atoms with van der Waals surface area (Å²) in [6, 6.07) is 8.36. The summed E-state index contributed by atoms with van der Waals surface area (Å²) < 4.78 is 103. The highest BCUT2D eigenvalue weighted by Gasteiger charge is 2.27. The van der Waals surface area contributed by atoms with Crippen molar-refractivity contribution < 1.29 is 30.9 Å². The van der Waals surface area contributed by atoms with Crippen LogP contribution in [0.1, 0.15) is 30.2 Å². The van der Waals surface area contributed by atoms with Crippen LogP contribution >= 0.6 is 0 Å². The van der Waals surface area contributed by atoms with Gasteiger partial charge in [0.1, 0.15) is 14.3 Å². The Bertz CT molecular complexity index is 1070. The highest BCUT2D eigenvalue weighted by molar-refractivity contribution is 5.46. The van der Waals surface area contributed by atoms with Crippen LogP contribution in [0.4, 0.5) is 4.39 Å². The summed E-state index contributed by atoms with van der Waals surface area (Å²) in [7, 11) is 0. The number of hydrogen-bond donors (Lipinski definition) is 1. The Morgan fingerprint density at radius 3 is 2.96 bits per heavy atom. The molecule has 0 spiro atoms. The summed E-state index contributed by atoms with van der Waals surface area (Å²) in [5.74, 6) is -4.90. The minimum Gasteiger partial charge on any atom is -0.493 e. The summed E-state index contributed by atoms with van der Waals surface area (Å²) in [6.45, 7) is -10.7. The summed E-state index contributed by atoms with van der Waals surface area (Å²) in [6.07, 6.45) is -0.480. The number of rotatable bonds is 4. The molecule has 1 N–H and O–H groups in total. The fourth-order valence-electron chi connectivity index (χ4n) is 2.47. The highest BCUT2D eigenvalue weighted by Crippen LogP contribution is 2.36. The number of ether oxygens (including phenoxy) is 3. The molecule has 4 rings (SSSR count). The van der Waals surface area contributed by atoms with Crippen molar-refractivity contribution in [2.24, 2.45) is 5.89 Å². The van der Waals surface area contributed by atoms with Gasteiger partial charge in [0.15, 0.2) is 11.5 Å². The van der Waals surface area contributed by atoms with E-state index in [9.17, 15) is 4.39 Å². The van der Waals surface area contributed by atoms with Gasteiger partial charge < -0.3 is 19.5 Å². The third kappa shape index (κ3) is 3.17. The van der Waals surface area contributed by atoms with E-state index in [2.05, 4.69) is 5.32 Å². The van der Waals surface area contributed by atoms with E-state index < -0.39 is 50.3 Å². The van der Waals surface area contributed by atoms with Gasteiger partial charge in [-0.05, 0) is 48.7 Å². The van der Waals surface area contributed by atoms with Gasteiger partial charge in [0, 0.05) is 25.3 Å². The van der Waals surface area contributed by atoms with Crippen molar-refractivity contribution in [3.05, 3.63) is 53.8 Å². The average Bonchev–Trinajstić information content (AvgIpc) is 2.97. The van der Waals surface area contributed by atoms with Crippen LogP contribution in [-0.4, -0.2) is 26.3 Å². The molecule has 2 aliphatic heterocycles. The van der Waals surface area contributed by atoms with E-state index in [1.165, 1.54) is 24.3 Å². The first-order valence-corrected chi connectivity index (χ1v) is 7.31. The predicted octanol–water partition coefficient (Wildman–Crippen LogP) is 3.33. The second-order valence-electron chi connectivity index (χ2n) is 5.25. The van der Waals surface area contributed by atoms with Crippen molar-refractivity contribution in [3.8, 4) is 17.2 Å². The molecule has 1 saturated heterocycles. The number of nitrogens with one attached hydrogen (secondary N) is 1. The summed E-state index contributed by atoms with van der Waals surface area (Å²) in [5.41, 5.74) is 0.173. The van der Waals surface area contributed by atoms with Crippen molar-refractivity contribution in [2.45, 2.75) is 12.3 Å². The molecule has 2 aromatic rings. The van der Waals surface area contributed by atoms with Gasteiger partial charge in [0.25, 0.3) is 0 Å². The van der Waals surface area contributed by atoms with Gasteiger partial charge in [0.05, 0.1) is 9.30 Å². The normalized spacial score (nSPS) is 37.9.